The van der Waals surface area contributed by atoms with Gasteiger partial charge in [-0.05, 0) is 24.3 Å². The van der Waals surface area contributed by atoms with Gasteiger partial charge in [0.2, 0.25) is 0 Å². The maximum absolute atomic E-state index is 9.99. The van der Waals surface area contributed by atoms with Gasteiger partial charge < -0.3 is 9.84 Å². The number of pyridine rings is 1. The van der Waals surface area contributed by atoms with Gasteiger partial charge in [0.05, 0.1) is 12.6 Å². The predicted octanol–water partition coefficient (Wildman–Crippen LogP) is 3.37. The second-order valence-corrected chi connectivity index (χ2v) is 4.42. The zero-order valence-corrected chi connectivity index (χ0v) is 10.9. The molecule has 0 saturated carbocycles. The average Bonchev–Trinajstić information content (AvgIpc) is 2.78. The Hall–Kier alpha value is -2.20. The summed E-state index contributed by atoms with van der Waals surface area (Å²) in [4.78, 5) is 4.31. The van der Waals surface area contributed by atoms with Crippen LogP contribution in [0.5, 0.6) is 11.6 Å². The van der Waals surface area contributed by atoms with E-state index < -0.39 is 0 Å². The van der Waals surface area contributed by atoms with Gasteiger partial charge in [-0.2, -0.15) is 0 Å². The van der Waals surface area contributed by atoms with E-state index in [0.717, 1.165) is 11.3 Å². The van der Waals surface area contributed by atoms with Crippen molar-refractivity contribution in [3.8, 4) is 23.0 Å². The molecule has 4 nitrogen and oxygen atoms in total. The molecule has 0 saturated heterocycles. The molecular formula is C14H11ClN2O2. The third-order valence-corrected chi connectivity index (χ3v) is 3.20. The summed E-state index contributed by atoms with van der Waals surface area (Å²) < 4.78 is 6.80. The van der Waals surface area contributed by atoms with E-state index in [9.17, 15) is 5.11 Å². The maximum atomic E-state index is 9.99. The molecule has 0 unspecified atom stereocenters. The van der Waals surface area contributed by atoms with E-state index in [0.29, 0.717) is 16.5 Å². The summed E-state index contributed by atoms with van der Waals surface area (Å²) in [6.07, 6.45) is 0. The Kier molecular flexibility index (Phi) is 2.80. The van der Waals surface area contributed by atoms with Crippen LogP contribution < -0.4 is 4.74 Å². The van der Waals surface area contributed by atoms with Gasteiger partial charge in [0.1, 0.15) is 11.6 Å². The molecule has 0 spiro atoms. The molecule has 1 N–H and O–H groups in total. The number of hydrogen-bond donors (Lipinski definition) is 1. The van der Waals surface area contributed by atoms with Crippen molar-refractivity contribution in [3.63, 3.8) is 0 Å². The number of hydrogen-bond acceptors (Lipinski definition) is 3. The molecule has 3 rings (SSSR count). The fourth-order valence-electron chi connectivity index (χ4n) is 2.04. The smallest absolute Gasteiger partial charge is 0.197 e. The van der Waals surface area contributed by atoms with Crippen molar-refractivity contribution < 1.29 is 9.84 Å². The number of benzene rings is 1. The number of aromatic hydroxyl groups is 1. The summed E-state index contributed by atoms with van der Waals surface area (Å²) in [5, 5.41) is 10.3. The van der Waals surface area contributed by atoms with Crippen molar-refractivity contribution in [2.45, 2.75) is 0 Å². The minimum atomic E-state index is 0.0923. The monoisotopic (exact) mass is 274 g/mol. The van der Waals surface area contributed by atoms with Gasteiger partial charge >= 0.3 is 0 Å². The second kappa shape index (κ2) is 4.48. The summed E-state index contributed by atoms with van der Waals surface area (Å²) in [7, 11) is 1.60. The number of fused-ring (bicyclic) bond motifs is 1. The van der Waals surface area contributed by atoms with E-state index in [-0.39, 0.29) is 5.88 Å². The molecule has 0 fully saturated rings. The van der Waals surface area contributed by atoms with Crippen molar-refractivity contribution in [1.29, 1.82) is 0 Å². The minimum absolute atomic E-state index is 0.0923. The molecule has 5 heteroatoms. The number of aromatic nitrogens is 2. The van der Waals surface area contributed by atoms with Crippen molar-refractivity contribution >= 4 is 17.1 Å². The normalized spacial score (nSPS) is 10.8. The van der Waals surface area contributed by atoms with E-state index in [2.05, 4.69) is 4.98 Å². The Morgan fingerprint density at radius 2 is 2.00 bits per heavy atom. The molecule has 1 aromatic carbocycles. The van der Waals surface area contributed by atoms with Crippen LogP contribution in [0.4, 0.5) is 0 Å². The predicted molar refractivity (Wildman–Crippen MR) is 73.9 cm³/mol. The SMILES string of the molecule is COc1cccc(-c2nc(Cl)c3cccc(O)n23)c1. The highest BCUT2D eigenvalue weighted by molar-refractivity contribution is 6.33. The Balaban J connectivity index is 2.30. The third kappa shape index (κ3) is 1.90. The fourth-order valence-corrected chi connectivity index (χ4v) is 2.27. The first-order valence-electron chi connectivity index (χ1n) is 5.71. The molecule has 0 aliphatic heterocycles. The molecule has 96 valence electrons. The Bertz CT molecular complexity index is 752. The highest BCUT2D eigenvalue weighted by Crippen LogP contribution is 2.30. The van der Waals surface area contributed by atoms with Gasteiger partial charge in [-0.15, -0.1) is 0 Å². The highest BCUT2D eigenvalue weighted by Gasteiger charge is 2.14. The number of imidazole rings is 1. The highest BCUT2D eigenvalue weighted by atomic mass is 35.5. The van der Waals surface area contributed by atoms with E-state index in [4.69, 9.17) is 16.3 Å². The van der Waals surface area contributed by atoms with Gasteiger partial charge in [-0.3, -0.25) is 4.40 Å². The van der Waals surface area contributed by atoms with Gasteiger partial charge in [0.15, 0.2) is 11.0 Å². The maximum Gasteiger partial charge on any atom is 0.197 e. The molecule has 2 heterocycles. The molecule has 2 aromatic heterocycles. The lowest BCUT2D eigenvalue weighted by Crippen LogP contribution is -1.91. The number of rotatable bonds is 2. The van der Waals surface area contributed by atoms with Crippen LogP contribution in [0.15, 0.2) is 42.5 Å². The average molecular weight is 275 g/mol. The number of ether oxygens (including phenoxy) is 1. The van der Waals surface area contributed by atoms with Gasteiger partial charge in [-0.25, -0.2) is 4.98 Å². The molecule has 0 bridgehead atoms. The van der Waals surface area contributed by atoms with Crippen molar-refractivity contribution in [2.24, 2.45) is 0 Å². The van der Waals surface area contributed by atoms with Crippen molar-refractivity contribution in [2.75, 3.05) is 7.11 Å². The largest absolute Gasteiger partial charge is 0.497 e. The summed E-state index contributed by atoms with van der Waals surface area (Å²) in [6.45, 7) is 0. The number of methoxy groups -OCH3 is 1. The van der Waals surface area contributed by atoms with Crippen LogP contribution in [0.25, 0.3) is 16.9 Å². The molecule has 0 aliphatic carbocycles. The first-order valence-corrected chi connectivity index (χ1v) is 6.09. The Labute approximate surface area is 114 Å². The zero-order valence-electron chi connectivity index (χ0n) is 10.2. The first kappa shape index (κ1) is 11.9. The van der Waals surface area contributed by atoms with Crippen LogP contribution in [0, 0.1) is 0 Å². The summed E-state index contributed by atoms with van der Waals surface area (Å²) in [5.74, 6) is 1.40. The third-order valence-electron chi connectivity index (χ3n) is 2.92. The van der Waals surface area contributed by atoms with Crippen molar-refractivity contribution in [1.82, 2.24) is 9.38 Å². The van der Waals surface area contributed by atoms with Gasteiger partial charge in [0.25, 0.3) is 0 Å². The minimum Gasteiger partial charge on any atom is -0.497 e. The van der Waals surface area contributed by atoms with Gasteiger partial charge in [0, 0.05) is 5.56 Å². The van der Waals surface area contributed by atoms with Crippen LogP contribution in [-0.2, 0) is 0 Å². The van der Waals surface area contributed by atoms with Crippen LogP contribution >= 0.6 is 11.6 Å². The lowest BCUT2D eigenvalue weighted by molar-refractivity contribution is 0.415. The van der Waals surface area contributed by atoms with Crippen LogP contribution in [-0.4, -0.2) is 21.6 Å². The summed E-state index contributed by atoms with van der Waals surface area (Å²) >= 11 is 6.10. The lowest BCUT2D eigenvalue weighted by Gasteiger charge is -2.05. The van der Waals surface area contributed by atoms with Crippen LogP contribution in [0.3, 0.4) is 0 Å². The van der Waals surface area contributed by atoms with Crippen LogP contribution in [0.2, 0.25) is 5.15 Å². The molecule has 0 radical (unpaired) electrons. The molecule has 19 heavy (non-hydrogen) atoms. The molecule has 0 aliphatic rings. The van der Waals surface area contributed by atoms with Crippen molar-refractivity contribution in [3.05, 3.63) is 47.6 Å². The number of nitrogens with zero attached hydrogens (tertiary/aromatic N) is 2. The second-order valence-electron chi connectivity index (χ2n) is 4.06. The van der Waals surface area contributed by atoms with E-state index >= 15 is 0 Å². The first-order chi connectivity index (χ1) is 9.20. The molecule has 0 amide bonds. The van der Waals surface area contributed by atoms with E-state index in [1.54, 1.807) is 29.7 Å². The number of halogens is 1. The zero-order chi connectivity index (χ0) is 13.4. The lowest BCUT2D eigenvalue weighted by atomic mass is 10.2. The fraction of sp³-hybridized carbons (Fsp3) is 0.0714. The van der Waals surface area contributed by atoms with Gasteiger partial charge in [-0.1, -0.05) is 29.8 Å². The van der Waals surface area contributed by atoms with E-state index in [1.807, 2.05) is 24.3 Å². The Morgan fingerprint density at radius 1 is 1.21 bits per heavy atom. The van der Waals surface area contributed by atoms with E-state index in [1.165, 1.54) is 0 Å². The molecule has 3 aromatic rings. The summed E-state index contributed by atoms with van der Waals surface area (Å²) in [6, 6.07) is 12.6. The summed E-state index contributed by atoms with van der Waals surface area (Å²) in [5.41, 5.74) is 1.49. The van der Waals surface area contributed by atoms with Crippen LogP contribution in [0.1, 0.15) is 0 Å². The molecule has 0 atom stereocenters. The topological polar surface area (TPSA) is 46.8 Å². The molecular weight excluding hydrogens is 264 g/mol. The standard InChI is InChI=1S/C14H11ClN2O2/c1-19-10-5-2-4-9(8-10)14-16-13(15)11-6-3-7-12(18)17(11)14/h2-8,18H,1H3. The Morgan fingerprint density at radius 3 is 2.79 bits per heavy atom. The quantitative estimate of drug-likeness (QED) is 0.779.